The van der Waals surface area contributed by atoms with Gasteiger partial charge in [0.15, 0.2) is 0 Å². The first-order valence-corrected chi connectivity index (χ1v) is 9.55. The van der Waals surface area contributed by atoms with Crippen LogP contribution in [0.2, 0.25) is 0 Å². The van der Waals surface area contributed by atoms with Crippen molar-refractivity contribution in [3.05, 3.63) is 35.9 Å². The summed E-state index contributed by atoms with van der Waals surface area (Å²) in [7, 11) is 0. The molecule has 1 heterocycles. The monoisotopic (exact) mass is 377 g/mol. The van der Waals surface area contributed by atoms with E-state index in [9.17, 15) is 14.7 Å². The maximum atomic E-state index is 12.3. The Morgan fingerprint density at radius 1 is 1.11 bits per heavy atom. The average molecular weight is 377 g/mol. The summed E-state index contributed by atoms with van der Waals surface area (Å²) in [5, 5.41) is 9.85. The number of benzene rings is 1. The summed E-state index contributed by atoms with van der Waals surface area (Å²) in [6.45, 7) is 7.12. The number of rotatable bonds is 5. The largest absolute Gasteiger partial charge is 0.481 e. The summed E-state index contributed by atoms with van der Waals surface area (Å²) in [6, 6.07) is 9.74. The van der Waals surface area contributed by atoms with E-state index < -0.39 is 17.0 Å². The molecule has 1 aliphatic heterocycles. The number of amides is 1. The summed E-state index contributed by atoms with van der Waals surface area (Å²) < 4.78 is 11.2. The third-order valence-electron chi connectivity index (χ3n) is 4.76. The number of hydrogen-bond acceptors (Lipinski definition) is 4. The molecular formula is C21H31NO5. The van der Waals surface area contributed by atoms with Crippen LogP contribution in [0.1, 0.15) is 52.0 Å². The Bertz CT molecular complexity index is 613. The van der Waals surface area contributed by atoms with Crippen molar-refractivity contribution in [1.82, 2.24) is 4.90 Å². The lowest BCUT2D eigenvalue weighted by Gasteiger charge is -2.35. The Morgan fingerprint density at radius 3 is 2.22 bits per heavy atom. The molecule has 1 aromatic carbocycles. The number of nitrogens with zero attached hydrogens (tertiary/aromatic N) is 1. The van der Waals surface area contributed by atoms with Crippen LogP contribution < -0.4 is 0 Å². The number of ether oxygens (including phenoxy) is 2. The zero-order valence-corrected chi connectivity index (χ0v) is 16.6. The Kier molecular flexibility index (Phi) is 7.25. The molecule has 0 radical (unpaired) electrons. The number of carbonyl (C=O) groups is 2. The minimum Gasteiger partial charge on any atom is -0.481 e. The van der Waals surface area contributed by atoms with E-state index in [1.165, 1.54) is 0 Å². The van der Waals surface area contributed by atoms with Crippen LogP contribution in [0, 0.1) is 5.41 Å². The highest BCUT2D eigenvalue weighted by Crippen LogP contribution is 2.33. The van der Waals surface area contributed by atoms with Crippen molar-refractivity contribution in [3.8, 4) is 0 Å². The van der Waals surface area contributed by atoms with Crippen LogP contribution in [0.4, 0.5) is 4.79 Å². The second kappa shape index (κ2) is 9.22. The van der Waals surface area contributed by atoms with E-state index in [0.29, 0.717) is 45.4 Å². The number of aliphatic carboxylic acids is 1. The summed E-state index contributed by atoms with van der Waals surface area (Å²) >= 11 is 0. The van der Waals surface area contributed by atoms with Crippen LogP contribution in [0.3, 0.4) is 0 Å². The van der Waals surface area contributed by atoms with E-state index in [0.717, 1.165) is 5.56 Å². The number of likely N-dealkylation sites (tertiary alicyclic amines) is 1. The first-order chi connectivity index (χ1) is 12.7. The lowest BCUT2D eigenvalue weighted by atomic mass is 9.78. The summed E-state index contributed by atoms with van der Waals surface area (Å²) in [5.74, 6) is -0.818. The van der Waals surface area contributed by atoms with Crippen molar-refractivity contribution in [2.45, 2.75) is 58.7 Å². The number of carboxylic acid groups (broad SMARTS) is 1. The number of carboxylic acids is 1. The molecule has 1 saturated heterocycles. The molecule has 0 aliphatic carbocycles. The minimum atomic E-state index is -0.894. The van der Waals surface area contributed by atoms with E-state index in [1.54, 1.807) is 4.90 Å². The van der Waals surface area contributed by atoms with Gasteiger partial charge in [0.05, 0.1) is 18.6 Å². The van der Waals surface area contributed by atoms with Gasteiger partial charge in [-0.15, -0.1) is 0 Å². The Balaban J connectivity index is 1.91. The molecule has 0 spiro atoms. The molecule has 1 amide bonds. The van der Waals surface area contributed by atoms with Crippen molar-refractivity contribution in [2.75, 3.05) is 19.7 Å². The maximum Gasteiger partial charge on any atom is 0.410 e. The van der Waals surface area contributed by atoms with Gasteiger partial charge in [-0.1, -0.05) is 30.3 Å². The molecule has 2 rings (SSSR count). The van der Waals surface area contributed by atoms with E-state index in [4.69, 9.17) is 9.47 Å². The SMILES string of the molecule is CC(C)(C)OC(=O)N1CCCC(COCc2ccccc2)(C(=O)O)CCC1. The van der Waals surface area contributed by atoms with E-state index >= 15 is 0 Å². The Hall–Kier alpha value is -2.08. The van der Waals surface area contributed by atoms with Gasteiger partial charge < -0.3 is 19.5 Å². The van der Waals surface area contributed by atoms with Crippen molar-refractivity contribution in [1.29, 1.82) is 0 Å². The zero-order valence-electron chi connectivity index (χ0n) is 16.6. The fraction of sp³-hybridized carbons (Fsp3) is 0.619. The summed E-state index contributed by atoms with van der Waals surface area (Å²) in [6.07, 6.45) is 1.86. The molecule has 0 aromatic heterocycles. The van der Waals surface area contributed by atoms with Crippen LogP contribution in [0.25, 0.3) is 0 Å². The molecular weight excluding hydrogens is 346 g/mol. The molecule has 0 saturated carbocycles. The van der Waals surface area contributed by atoms with Crippen molar-refractivity contribution in [2.24, 2.45) is 5.41 Å². The molecule has 150 valence electrons. The Morgan fingerprint density at radius 2 is 1.70 bits per heavy atom. The van der Waals surface area contributed by atoms with Gasteiger partial charge in [-0.2, -0.15) is 0 Å². The highest BCUT2D eigenvalue weighted by atomic mass is 16.6. The van der Waals surface area contributed by atoms with Crippen LogP contribution in [0.15, 0.2) is 30.3 Å². The molecule has 1 aromatic rings. The maximum absolute atomic E-state index is 12.3. The average Bonchev–Trinajstić information content (AvgIpc) is 2.56. The van der Waals surface area contributed by atoms with Crippen molar-refractivity contribution < 1.29 is 24.2 Å². The van der Waals surface area contributed by atoms with Crippen LogP contribution >= 0.6 is 0 Å². The minimum absolute atomic E-state index is 0.184. The van der Waals surface area contributed by atoms with Gasteiger partial charge in [-0.25, -0.2) is 4.79 Å². The first-order valence-electron chi connectivity index (χ1n) is 9.55. The summed E-state index contributed by atoms with van der Waals surface area (Å²) in [4.78, 5) is 25.9. The van der Waals surface area contributed by atoms with Gasteiger partial charge >= 0.3 is 12.1 Å². The molecule has 0 unspecified atom stereocenters. The smallest absolute Gasteiger partial charge is 0.410 e. The van der Waals surface area contributed by atoms with Gasteiger partial charge in [0.25, 0.3) is 0 Å². The molecule has 0 atom stereocenters. The second-order valence-electron chi connectivity index (χ2n) is 8.24. The topological polar surface area (TPSA) is 76.1 Å². The predicted molar refractivity (Wildman–Crippen MR) is 102 cm³/mol. The quantitative estimate of drug-likeness (QED) is 0.836. The number of hydrogen-bond donors (Lipinski definition) is 1. The van der Waals surface area contributed by atoms with Gasteiger partial charge in [-0.3, -0.25) is 4.79 Å². The van der Waals surface area contributed by atoms with Gasteiger partial charge in [0.2, 0.25) is 0 Å². The normalized spacial score (nSPS) is 17.7. The predicted octanol–water partition coefficient (Wildman–Crippen LogP) is 4.09. The molecule has 1 fully saturated rings. The third-order valence-corrected chi connectivity index (χ3v) is 4.76. The summed E-state index contributed by atoms with van der Waals surface area (Å²) in [5.41, 5.74) is -0.398. The lowest BCUT2D eigenvalue weighted by molar-refractivity contribution is -0.155. The number of carbonyl (C=O) groups excluding carboxylic acids is 1. The highest BCUT2D eigenvalue weighted by Gasteiger charge is 2.39. The van der Waals surface area contributed by atoms with Crippen LogP contribution in [-0.2, 0) is 20.9 Å². The van der Waals surface area contributed by atoms with Crippen molar-refractivity contribution >= 4 is 12.1 Å². The highest BCUT2D eigenvalue weighted by molar-refractivity contribution is 5.75. The second-order valence-corrected chi connectivity index (χ2v) is 8.24. The molecule has 0 bridgehead atoms. The van der Waals surface area contributed by atoms with Gasteiger partial charge in [0.1, 0.15) is 5.60 Å². The van der Waals surface area contributed by atoms with Crippen LogP contribution in [0.5, 0.6) is 0 Å². The van der Waals surface area contributed by atoms with E-state index in [-0.39, 0.29) is 12.7 Å². The third kappa shape index (κ3) is 6.54. The first kappa shape index (κ1) is 21.2. The van der Waals surface area contributed by atoms with E-state index in [1.807, 2.05) is 51.1 Å². The Labute approximate surface area is 161 Å². The molecule has 1 aliphatic rings. The standard InChI is InChI=1S/C21H31NO5/c1-20(2,3)27-19(25)22-13-7-11-21(18(23)24,12-8-14-22)16-26-15-17-9-5-4-6-10-17/h4-6,9-10H,7-8,11-16H2,1-3H3,(H,23,24). The zero-order chi connectivity index (χ0) is 19.9. The molecule has 27 heavy (non-hydrogen) atoms. The fourth-order valence-electron chi connectivity index (χ4n) is 3.32. The lowest BCUT2D eigenvalue weighted by Crippen LogP contribution is -2.43. The van der Waals surface area contributed by atoms with E-state index in [2.05, 4.69) is 0 Å². The fourth-order valence-corrected chi connectivity index (χ4v) is 3.32. The molecule has 6 heteroatoms. The van der Waals surface area contributed by atoms with Crippen LogP contribution in [-0.4, -0.2) is 47.4 Å². The molecule has 6 nitrogen and oxygen atoms in total. The van der Waals surface area contributed by atoms with Gasteiger partial charge in [-0.05, 0) is 52.0 Å². The van der Waals surface area contributed by atoms with Crippen molar-refractivity contribution in [3.63, 3.8) is 0 Å². The van der Waals surface area contributed by atoms with Gasteiger partial charge in [0, 0.05) is 13.1 Å². The molecule has 1 N–H and O–H groups in total.